The van der Waals surface area contributed by atoms with Crippen molar-refractivity contribution in [3.8, 4) is 23.1 Å². The van der Waals surface area contributed by atoms with Crippen molar-refractivity contribution in [3.05, 3.63) is 24.3 Å². The zero-order chi connectivity index (χ0) is 15.1. The second-order valence-corrected chi connectivity index (χ2v) is 4.35. The van der Waals surface area contributed by atoms with E-state index in [0.29, 0.717) is 24.4 Å². The fraction of sp³-hybridized carbons (Fsp3) is 0.400. The molecule has 0 radical (unpaired) electrons. The molecule has 0 saturated heterocycles. The van der Waals surface area contributed by atoms with Gasteiger partial charge in [-0.2, -0.15) is 15.0 Å². The van der Waals surface area contributed by atoms with Crippen molar-refractivity contribution >= 4 is 5.95 Å². The third-order valence-corrected chi connectivity index (χ3v) is 2.75. The molecule has 6 nitrogen and oxygen atoms in total. The summed E-state index contributed by atoms with van der Waals surface area (Å²) in [7, 11) is 1.54. The maximum absolute atomic E-state index is 5.43. The molecule has 1 N–H and O–H groups in total. The van der Waals surface area contributed by atoms with Gasteiger partial charge in [-0.15, -0.1) is 0 Å². The van der Waals surface area contributed by atoms with Gasteiger partial charge < -0.3 is 14.8 Å². The quantitative estimate of drug-likeness (QED) is 0.845. The van der Waals surface area contributed by atoms with Crippen LogP contribution in [0.2, 0.25) is 0 Å². The Labute approximate surface area is 124 Å². The van der Waals surface area contributed by atoms with Crippen molar-refractivity contribution in [1.29, 1.82) is 0 Å². The number of benzene rings is 1. The molecular weight excluding hydrogens is 268 g/mol. The van der Waals surface area contributed by atoms with Gasteiger partial charge in [0.1, 0.15) is 5.75 Å². The van der Waals surface area contributed by atoms with E-state index in [0.717, 1.165) is 24.3 Å². The molecular formula is C15H20N4O2. The van der Waals surface area contributed by atoms with Crippen LogP contribution in [0.15, 0.2) is 24.3 Å². The molecule has 0 saturated carbocycles. The summed E-state index contributed by atoms with van der Waals surface area (Å²) in [5.41, 5.74) is 0.888. The highest BCUT2D eigenvalue weighted by Crippen LogP contribution is 2.21. The van der Waals surface area contributed by atoms with Crippen LogP contribution in [0.5, 0.6) is 11.8 Å². The first-order chi connectivity index (χ1) is 10.3. The van der Waals surface area contributed by atoms with E-state index in [2.05, 4.69) is 27.2 Å². The average Bonchev–Trinajstić information content (AvgIpc) is 2.53. The molecule has 112 valence electrons. The lowest BCUT2D eigenvalue weighted by Crippen LogP contribution is -2.07. The number of nitrogens with one attached hydrogen (secondary N) is 1. The smallest absolute Gasteiger partial charge is 0.321 e. The van der Waals surface area contributed by atoms with Crippen molar-refractivity contribution in [1.82, 2.24) is 15.0 Å². The Morgan fingerprint density at radius 1 is 1.05 bits per heavy atom. The van der Waals surface area contributed by atoms with Crippen molar-refractivity contribution in [3.63, 3.8) is 0 Å². The molecule has 2 rings (SSSR count). The van der Waals surface area contributed by atoms with E-state index in [1.165, 1.54) is 0 Å². The normalized spacial score (nSPS) is 10.2. The molecule has 1 aromatic carbocycles. The molecule has 0 aliphatic carbocycles. The number of nitrogens with zero attached hydrogens (tertiary/aromatic N) is 3. The zero-order valence-electron chi connectivity index (χ0n) is 12.6. The monoisotopic (exact) mass is 288 g/mol. The Hall–Kier alpha value is -2.37. The highest BCUT2D eigenvalue weighted by Gasteiger charge is 2.08. The SMILES string of the molecule is CCCNc1nc(OC)nc(-c2ccc(OCC)cc2)n1. The standard InChI is InChI=1S/C15H20N4O2/c1-4-10-16-14-17-13(18-15(19-14)20-3)11-6-8-12(9-7-11)21-5-2/h6-9H,4-5,10H2,1-3H3,(H,16,17,18,19). The molecule has 2 aromatic rings. The molecule has 1 aromatic heterocycles. The zero-order valence-corrected chi connectivity index (χ0v) is 12.6. The number of methoxy groups -OCH3 is 1. The second kappa shape index (κ2) is 7.42. The van der Waals surface area contributed by atoms with Gasteiger partial charge in [0.2, 0.25) is 5.95 Å². The number of ether oxygens (including phenoxy) is 2. The van der Waals surface area contributed by atoms with Crippen LogP contribution in [0.25, 0.3) is 11.4 Å². The molecule has 0 atom stereocenters. The Balaban J connectivity index is 2.28. The number of hydrogen-bond acceptors (Lipinski definition) is 6. The third kappa shape index (κ3) is 4.05. The minimum absolute atomic E-state index is 0.299. The van der Waals surface area contributed by atoms with Gasteiger partial charge in [-0.05, 0) is 37.6 Å². The molecule has 21 heavy (non-hydrogen) atoms. The Morgan fingerprint density at radius 2 is 1.81 bits per heavy atom. The van der Waals surface area contributed by atoms with Gasteiger partial charge in [-0.1, -0.05) is 6.92 Å². The summed E-state index contributed by atoms with van der Waals surface area (Å²) in [6.45, 7) is 5.48. The lowest BCUT2D eigenvalue weighted by atomic mass is 10.2. The molecule has 0 amide bonds. The largest absolute Gasteiger partial charge is 0.494 e. The molecule has 1 heterocycles. The van der Waals surface area contributed by atoms with Crippen molar-refractivity contribution in [2.75, 3.05) is 25.6 Å². The number of rotatable bonds is 7. The molecule has 0 aliphatic heterocycles. The van der Waals surface area contributed by atoms with E-state index in [1.54, 1.807) is 7.11 Å². The number of aromatic nitrogens is 3. The van der Waals surface area contributed by atoms with Gasteiger partial charge in [0, 0.05) is 12.1 Å². The maximum atomic E-state index is 5.43. The summed E-state index contributed by atoms with van der Waals surface area (Å²) in [5.74, 6) is 1.92. The fourth-order valence-electron chi connectivity index (χ4n) is 1.76. The van der Waals surface area contributed by atoms with Crippen molar-refractivity contribution in [2.24, 2.45) is 0 Å². The Bertz CT molecular complexity index is 572. The molecule has 0 fully saturated rings. The predicted octanol–water partition coefficient (Wildman–Crippen LogP) is 2.77. The summed E-state index contributed by atoms with van der Waals surface area (Å²) in [5, 5.41) is 3.14. The van der Waals surface area contributed by atoms with Crippen LogP contribution in [-0.2, 0) is 0 Å². The first-order valence-corrected chi connectivity index (χ1v) is 7.04. The first kappa shape index (κ1) is 15.0. The van der Waals surface area contributed by atoms with Gasteiger partial charge >= 0.3 is 6.01 Å². The number of hydrogen-bond donors (Lipinski definition) is 1. The molecule has 0 spiro atoms. The van der Waals surface area contributed by atoms with Crippen LogP contribution in [0.3, 0.4) is 0 Å². The highest BCUT2D eigenvalue weighted by atomic mass is 16.5. The van der Waals surface area contributed by atoms with Gasteiger partial charge in [-0.3, -0.25) is 0 Å². The lowest BCUT2D eigenvalue weighted by Gasteiger charge is -2.08. The van der Waals surface area contributed by atoms with E-state index in [9.17, 15) is 0 Å². The van der Waals surface area contributed by atoms with Gasteiger partial charge in [0.05, 0.1) is 13.7 Å². The molecule has 0 aliphatic rings. The topological polar surface area (TPSA) is 69.2 Å². The molecule has 0 bridgehead atoms. The molecule has 6 heteroatoms. The van der Waals surface area contributed by atoms with E-state index < -0.39 is 0 Å². The van der Waals surface area contributed by atoms with E-state index in [4.69, 9.17) is 9.47 Å². The van der Waals surface area contributed by atoms with Crippen LogP contribution >= 0.6 is 0 Å². The van der Waals surface area contributed by atoms with Crippen LogP contribution in [0.4, 0.5) is 5.95 Å². The minimum atomic E-state index is 0.299. The molecule has 0 unspecified atom stereocenters. The van der Waals surface area contributed by atoms with Crippen molar-refractivity contribution < 1.29 is 9.47 Å². The summed E-state index contributed by atoms with van der Waals surface area (Å²) < 4.78 is 10.6. The van der Waals surface area contributed by atoms with E-state index in [-0.39, 0.29) is 0 Å². The van der Waals surface area contributed by atoms with Gasteiger partial charge in [0.15, 0.2) is 5.82 Å². The average molecular weight is 288 g/mol. The Kier molecular flexibility index (Phi) is 5.31. The first-order valence-electron chi connectivity index (χ1n) is 7.04. The predicted molar refractivity (Wildman–Crippen MR) is 81.8 cm³/mol. The van der Waals surface area contributed by atoms with E-state index >= 15 is 0 Å². The highest BCUT2D eigenvalue weighted by molar-refractivity contribution is 5.57. The van der Waals surface area contributed by atoms with Crippen LogP contribution in [0.1, 0.15) is 20.3 Å². The van der Waals surface area contributed by atoms with Crippen LogP contribution < -0.4 is 14.8 Å². The number of anilines is 1. The van der Waals surface area contributed by atoms with Gasteiger partial charge in [0.25, 0.3) is 0 Å². The van der Waals surface area contributed by atoms with Gasteiger partial charge in [-0.25, -0.2) is 0 Å². The van der Waals surface area contributed by atoms with Crippen LogP contribution in [0, 0.1) is 0 Å². The third-order valence-electron chi connectivity index (χ3n) is 2.75. The lowest BCUT2D eigenvalue weighted by molar-refractivity contribution is 0.340. The minimum Gasteiger partial charge on any atom is -0.494 e. The summed E-state index contributed by atoms with van der Waals surface area (Å²) >= 11 is 0. The van der Waals surface area contributed by atoms with Crippen LogP contribution in [-0.4, -0.2) is 35.2 Å². The summed E-state index contributed by atoms with van der Waals surface area (Å²) in [4.78, 5) is 12.9. The summed E-state index contributed by atoms with van der Waals surface area (Å²) in [6, 6.07) is 7.93. The Morgan fingerprint density at radius 3 is 2.43 bits per heavy atom. The summed E-state index contributed by atoms with van der Waals surface area (Å²) in [6.07, 6.45) is 0.992. The fourth-order valence-corrected chi connectivity index (χ4v) is 1.76. The van der Waals surface area contributed by atoms with Crippen molar-refractivity contribution in [2.45, 2.75) is 20.3 Å². The second-order valence-electron chi connectivity index (χ2n) is 4.35. The maximum Gasteiger partial charge on any atom is 0.321 e. The van der Waals surface area contributed by atoms with E-state index in [1.807, 2.05) is 31.2 Å².